The quantitative estimate of drug-likeness (QED) is 0.903. The van der Waals surface area contributed by atoms with E-state index in [1.165, 1.54) is 6.20 Å². The van der Waals surface area contributed by atoms with Crippen molar-refractivity contribution in [2.24, 2.45) is 0 Å². The Labute approximate surface area is 110 Å². The van der Waals surface area contributed by atoms with Crippen LogP contribution < -0.4 is 5.56 Å². The van der Waals surface area contributed by atoms with Crippen LogP contribution in [0, 0.1) is 11.3 Å². The molecule has 0 aliphatic carbocycles. The topological polar surface area (TPSA) is 78.8 Å². The summed E-state index contributed by atoms with van der Waals surface area (Å²) in [4.78, 5) is 18.3. The number of aromatic nitrogens is 2. The maximum Gasteiger partial charge on any atom is 0.268 e. The van der Waals surface area contributed by atoms with E-state index in [1.807, 2.05) is 37.3 Å². The third-order valence-corrected chi connectivity index (χ3v) is 2.62. The number of ether oxygens (including phenoxy) is 1. The Morgan fingerprint density at radius 2 is 2.16 bits per heavy atom. The van der Waals surface area contributed by atoms with Crippen molar-refractivity contribution in [2.45, 2.75) is 13.0 Å². The number of rotatable bonds is 4. The first-order valence-electron chi connectivity index (χ1n) is 5.92. The highest BCUT2D eigenvalue weighted by Gasteiger charge is 2.17. The fourth-order valence-electron chi connectivity index (χ4n) is 1.75. The molecule has 1 unspecified atom stereocenters. The Morgan fingerprint density at radius 3 is 2.74 bits per heavy atom. The monoisotopic (exact) mass is 255 g/mol. The molecule has 96 valence electrons. The molecule has 2 rings (SSSR count). The molecule has 0 aliphatic rings. The lowest BCUT2D eigenvalue weighted by molar-refractivity contribution is 0.0849. The molecule has 0 spiro atoms. The zero-order chi connectivity index (χ0) is 13.7. The largest absolute Gasteiger partial charge is 0.366 e. The molecule has 0 saturated heterocycles. The van der Waals surface area contributed by atoms with Crippen LogP contribution in [0.1, 0.15) is 30.0 Å². The number of aromatic amines is 1. The fraction of sp³-hybridized carbons (Fsp3) is 0.214. The van der Waals surface area contributed by atoms with Gasteiger partial charge < -0.3 is 9.72 Å². The molecular formula is C14H13N3O2. The van der Waals surface area contributed by atoms with E-state index in [4.69, 9.17) is 10.00 Å². The minimum absolute atomic E-state index is 0.00735. The summed E-state index contributed by atoms with van der Waals surface area (Å²) in [6, 6.07) is 11.3. The van der Waals surface area contributed by atoms with Crippen molar-refractivity contribution in [3.05, 3.63) is 63.8 Å². The standard InChI is InChI=1S/C14H13N3O2/c1-2-19-12(10-6-4-3-5-7-10)13-16-9-11(8-15)14(18)17-13/h3-7,9,12H,2H2,1H3,(H,16,17,18). The van der Waals surface area contributed by atoms with E-state index in [2.05, 4.69) is 9.97 Å². The highest BCUT2D eigenvalue weighted by atomic mass is 16.5. The summed E-state index contributed by atoms with van der Waals surface area (Å²) in [5.41, 5.74) is 0.442. The van der Waals surface area contributed by atoms with Crippen molar-refractivity contribution in [3.63, 3.8) is 0 Å². The van der Waals surface area contributed by atoms with Crippen molar-refractivity contribution in [3.8, 4) is 6.07 Å². The van der Waals surface area contributed by atoms with Gasteiger partial charge >= 0.3 is 0 Å². The Morgan fingerprint density at radius 1 is 1.42 bits per heavy atom. The number of benzene rings is 1. The summed E-state index contributed by atoms with van der Waals surface area (Å²) in [5.74, 6) is 0.400. The number of nitriles is 1. The van der Waals surface area contributed by atoms with E-state index >= 15 is 0 Å². The SMILES string of the molecule is CCOC(c1ccccc1)c1ncc(C#N)c(=O)[nH]1. The molecule has 1 atom stereocenters. The lowest BCUT2D eigenvalue weighted by Gasteiger charge is -2.16. The molecule has 0 radical (unpaired) electrons. The summed E-state index contributed by atoms with van der Waals surface area (Å²) in [5, 5.41) is 8.73. The average Bonchev–Trinajstić information content (AvgIpc) is 2.45. The Bertz CT molecular complexity index is 644. The Kier molecular flexibility index (Phi) is 4.06. The van der Waals surface area contributed by atoms with Gasteiger partial charge in [-0.25, -0.2) is 4.98 Å². The lowest BCUT2D eigenvalue weighted by atomic mass is 10.1. The van der Waals surface area contributed by atoms with Gasteiger partial charge in [-0.1, -0.05) is 30.3 Å². The minimum atomic E-state index is -0.451. The molecular weight excluding hydrogens is 242 g/mol. The van der Waals surface area contributed by atoms with Gasteiger partial charge in [-0.2, -0.15) is 5.26 Å². The van der Waals surface area contributed by atoms with Gasteiger partial charge in [0, 0.05) is 6.61 Å². The zero-order valence-corrected chi connectivity index (χ0v) is 10.5. The number of hydrogen-bond acceptors (Lipinski definition) is 4. The minimum Gasteiger partial charge on any atom is -0.366 e. The summed E-state index contributed by atoms with van der Waals surface area (Å²) in [6.45, 7) is 2.36. The summed E-state index contributed by atoms with van der Waals surface area (Å²) in [6.07, 6.45) is 0.829. The van der Waals surface area contributed by atoms with Crippen LogP contribution in [0.15, 0.2) is 41.3 Å². The van der Waals surface area contributed by atoms with Gasteiger partial charge in [-0.3, -0.25) is 4.79 Å². The molecule has 1 aromatic heterocycles. The van der Waals surface area contributed by atoms with Gasteiger partial charge in [0.15, 0.2) is 0 Å². The third-order valence-electron chi connectivity index (χ3n) is 2.62. The van der Waals surface area contributed by atoms with E-state index < -0.39 is 11.7 Å². The predicted octanol–water partition coefficient (Wildman–Crippen LogP) is 1.77. The molecule has 0 aliphatic heterocycles. The van der Waals surface area contributed by atoms with Gasteiger partial charge in [-0.05, 0) is 12.5 Å². The molecule has 2 aromatic rings. The molecule has 19 heavy (non-hydrogen) atoms. The highest BCUT2D eigenvalue weighted by Crippen LogP contribution is 2.21. The van der Waals surface area contributed by atoms with Crippen molar-refractivity contribution >= 4 is 0 Å². The van der Waals surface area contributed by atoms with E-state index in [9.17, 15) is 4.79 Å². The first kappa shape index (κ1) is 13.0. The van der Waals surface area contributed by atoms with E-state index in [-0.39, 0.29) is 5.56 Å². The summed E-state index contributed by atoms with van der Waals surface area (Å²) >= 11 is 0. The van der Waals surface area contributed by atoms with Crippen LogP contribution in [0.3, 0.4) is 0 Å². The molecule has 0 amide bonds. The van der Waals surface area contributed by atoms with Crippen LogP contribution in [0.25, 0.3) is 0 Å². The number of hydrogen-bond donors (Lipinski definition) is 1. The summed E-state index contributed by atoms with van der Waals surface area (Å²) < 4.78 is 5.63. The lowest BCUT2D eigenvalue weighted by Crippen LogP contribution is -2.18. The normalized spacial score (nSPS) is 11.8. The first-order valence-corrected chi connectivity index (χ1v) is 5.92. The molecule has 1 N–H and O–H groups in total. The van der Waals surface area contributed by atoms with Crippen LogP contribution >= 0.6 is 0 Å². The molecule has 0 bridgehead atoms. The number of nitrogens with zero attached hydrogens (tertiary/aromatic N) is 2. The molecule has 5 nitrogen and oxygen atoms in total. The number of H-pyrrole nitrogens is 1. The predicted molar refractivity (Wildman–Crippen MR) is 69.5 cm³/mol. The van der Waals surface area contributed by atoms with E-state index in [0.717, 1.165) is 5.56 Å². The van der Waals surface area contributed by atoms with Crippen molar-refractivity contribution < 1.29 is 4.74 Å². The second-order valence-electron chi connectivity index (χ2n) is 3.87. The van der Waals surface area contributed by atoms with Gasteiger partial charge in [0.2, 0.25) is 0 Å². The Balaban J connectivity index is 2.43. The van der Waals surface area contributed by atoms with E-state index in [1.54, 1.807) is 6.07 Å². The van der Waals surface area contributed by atoms with Gasteiger partial charge in [0.25, 0.3) is 5.56 Å². The molecule has 0 fully saturated rings. The average molecular weight is 255 g/mol. The van der Waals surface area contributed by atoms with Crippen LogP contribution in [0.4, 0.5) is 0 Å². The van der Waals surface area contributed by atoms with Crippen molar-refractivity contribution in [1.29, 1.82) is 5.26 Å². The zero-order valence-electron chi connectivity index (χ0n) is 10.5. The summed E-state index contributed by atoms with van der Waals surface area (Å²) in [7, 11) is 0. The molecule has 1 aromatic carbocycles. The maximum atomic E-state index is 11.6. The first-order chi connectivity index (χ1) is 9.26. The van der Waals surface area contributed by atoms with Gasteiger partial charge in [0.05, 0.1) is 6.20 Å². The van der Waals surface area contributed by atoms with Crippen LogP contribution in [-0.4, -0.2) is 16.6 Å². The second-order valence-corrected chi connectivity index (χ2v) is 3.87. The van der Waals surface area contributed by atoms with Crippen molar-refractivity contribution in [1.82, 2.24) is 9.97 Å². The fourth-order valence-corrected chi connectivity index (χ4v) is 1.75. The maximum absolute atomic E-state index is 11.6. The van der Waals surface area contributed by atoms with Gasteiger partial charge in [0.1, 0.15) is 23.6 Å². The van der Waals surface area contributed by atoms with Crippen LogP contribution in [-0.2, 0) is 4.74 Å². The second kappa shape index (κ2) is 5.94. The highest BCUT2D eigenvalue weighted by molar-refractivity contribution is 5.26. The molecule has 5 heteroatoms. The molecule has 0 saturated carbocycles. The van der Waals surface area contributed by atoms with Gasteiger partial charge in [-0.15, -0.1) is 0 Å². The third kappa shape index (κ3) is 2.87. The molecule has 1 heterocycles. The Hall–Kier alpha value is -2.45. The van der Waals surface area contributed by atoms with E-state index in [0.29, 0.717) is 12.4 Å². The van der Waals surface area contributed by atoms with Crippen molar-refractivity contribution in [2.75, 3.05) is 6.61 Å². The smallest absolute Gasteiger partial charge is 0.268 e. The number of nitrogens with one attached hydrogen (secondary N) is 1. The van der Waals surface area contributed by atoms with Crippen LogP contribution in [0.2, 0.25) is 0 Å². The van der Waals surface area contributed by atoms with Crippen LogP contribution in [0.5, 0.6) is 0 Å².